The minimum Gasteiger partial charge on any atom is -0.389 e. The fraction of sp³-hybridized carbons (Fsp3) is 1.00. The quantitative estimate of drug-likeness (QED) is 0.673. The van der Waals surface area contributed by atoms with Crippen molar-refractivity contribution in [3.05, 3.63) is 0 Å². The van der Waals surface area contributed by atoms with Crippen molar-refractivity contribution in [1.82, 2.24) is 0 Å². The number of aliphatic hydroxyl groups is 1. The molecule has 0 spiro atoms. The molecule has 0 radical (unpaired) electrons. The first-order chi connectivity index (χ1) is 5.94. The van der Waals surface area contributed by atoms with Gasteiger partial charge in [0.15, 0.2) is 0 Å². The molecule has 76 valence electrons. The predicted molar refractivity (Wildman–Crippen MR) is 45.6 cm³/mol. The molecule has 1 N–H and O–H groups in total. The van der Waals surface area contributed by atoms with E-state index >= 15 is 0 Å². The van der Waals surface area contributed by atoms with Gasteiger partial charge in [0.25, 0.3) is 0 Å². The van der Waals surface area contributed by atoms with E-state index in [0.29, 0.717) is 18.8 Å². The van der Waals surface area contributed by atoms with Gasteiger partial charge in [-0.1, -0.05) is 6.92 Å². The van der Waals surface area contributed by atoms with Crippen molar-refractivity contribution in [2.45, 2.75) is 50.6 Å². The van der Waals surface area contributed by atoms with Crippen LogP contribution in [0.15, 0.2) is 0 Å². The van der Waals surface area contributed by atoms with Gasteiger partial charge in [-0.15, -0.1) is 0 Å². The average molecular weight is 190 g/mol. The van der Waals surface area contributed by atoms with Crippen LogP contribution >= 0.6 is 0 Å². The van der Waals surface area contributed by atoms with Gasteiger partial charge < -0.3 is 5.11 Å². The van der Waals surface area contributed by atoms with Gasteiger partial charge in [-0.05, 0) is 31.1 Å². The molecule has 2 atom stereocenters. The van der Waals surface area contributed by atoms with Crippen LogP contribution in [-0.2, 0) is 0 Å². The molecule has 0 aromatic heterocycles. The highest BCUT2D eigenvalue weighted by Gasteiger charge is 2.56. The molecule has 0 aromatic rings. The summed E-state index contributed by atoms with van der Waals surface area (Å²) in [4.78, 5) is 0. The molecule has 3 heteroatoms. The van der Waals surface area contributed by atoms with Crippen LogP contribution in [0.2, 0.25) is 0 Å². The van der Waals surface area contributed by atoms with E-state index in [1.807, 2.05) is 6.92 Å². The highest BCUT2D eigenvalue weighted by molar-refractivity contribution is 5.06. The molecule has 2 rings (SSSR count). The Labute approximate surface area is 77.1 Å². The topological polar surface area (TPSA) is 20.2 Å². The van der Waals surface area contributed by atoms with Gasteiger partial charge in [0, 0.05) is 12.8 Å². The van der Waals surface area contributed by atoms with Crippen LogP contribution in [0.5, 0.6) is 0 Å². The molecule has 2 unspecified atom stereocenters. The maximum Gasteiger partial charge on any atom is 0.248 e. The molecular formula is C10H16F2O. The molecule has 0 amide bonds. The zero-order valence-electron chi connectivity index (χ0n) is 7.89. The Balaban J connectivity index is 1.92. The first-order valence-electron chi connectivity index (χ1n) is 5.04. The van der Waals surface area contributed by atoms with Gasteiger partial charge in [0.05, 0.1) is 5.60 Å². The van der Waals surface area contributed by atoms with Crippen LogP contribution in [0.4, 0.5) is 8.78 Å². The molecule has 0 aliphatic heterocycles. The van der Waals surface area contributed by atoms with E-state index in [-0.39, 0.29) is 18.8 Å². The first-order valence-corrected chi connectivity index (χ1v) is 5.04. The molecule has 0 saturated heterocycles. The Bertz CT molecular complexity index is 207. The second-order valence-corrected chi connectivity index (χ2v) is 4.73. The van der Waals surface area contributed by atoms with Crippen molar-refractivity contribution in [2.75, 3.05) is 0 Å². The van der Waals surface area contributed by atoms with Crippen molar-refractivity contribution >= 4 is 0 Å². The maximum atomic E-state index is 12.8. The molecular weight excluding hydrogens is 174 g/mol. The lowest BCUT2D eigenvalue weighted by Gasteiger charge is -2.31. The molecule has 1 nitrogen and oxygen atoms in total. The fourth-order valence-electron chi connectivity index (χ4n) is 2.54. The van der Waals surface area contributed by atoms with Gasteiger partial charge >= 0.3 is 0 Å². The van der Waals surface area contributed by atoms with Gasteiger partial charge in [0.1, 0.15) is 0 Å². The summed E-state index contributed by atoms with van der Waals surface area (Å²) in [7, 11) is 0. The van der Waals surface area contributed by atoms with E-state index in [1.54, 1.807) is 0 Å². The Kier molecular flexibility index (Phi) is 1.92. The molecule has 0 bridgehead atoms. The third-order valence-corrected chi connectivity index (χ3v) is 3.75. The molecule has 2 aliphatic carbocycles. The summed E-state index contributed by atoms with van der Waals surface area (Å²) in [5.74, 6) is -2.02. The van der Waals surface area contributed by atoms with Gasteiger partial charge in [-0.3, -0.25) is 0 Å². The fourth-order valence-corrected chi connectivity index (χ4v) is 2.54. The second kappa shape index (κ2) is 2.66. The van der Waals surface area contributed by atoms with E-state index in [0.717, 1.165) is 6.42 Å². The van der Waals surface area contributed by atoms with E-state index in [9.17, 15) is 13.9 Å². The van der Waals surface area contributed by atoms with Crippen LogP contribution in [0.25, 0.3) is 0 Å². The lowest BCUT2D eigenvalue weighted by atomic mass is 9.81. The SMILES string of the molecule is CC1CC1(O)C1CCC(F)(F)CC1. The summed E-state index contributed by atoms with van der Waals surface area (Å²) >= 11 is 0. The first kappa shape index (κ1) is 9.38. The predicted octanol–water partition coefficient (Wildman–Crippen LogP) is 2.58. The highest BCUT2D eigenvalue weighted by Crippen LogP contribution is 2.54. The van der Waals surface area contributed by atoms with Crippen LogP contribution < -0.4 is 0 Å². The van der Waals surface area contributed by atoms with Crippen molar-refractivity contribution < 1.29 is 13.9 Å². The van der Waals surface area contributed by atoms with Crippen molar-refractivity contribution in [2.24, 2.45) is 11.8 Å². The van der Waals surface area contributed by atoms with Crippen LogP contribution in [0, 0.1) is 11.8 Å². The zero-order valence-corrected chi connectivity index (χ0v) is 7.89. The summed E-state index contributed by atoms with van der Waals surface area (Å²) in [6, 6.07) is 0. The normalized spacial score (nSPS) is 44.8. The van der Waals surface area contributed by atoms with Gasteiger partial charge in [0.2, 0.25) is 5.92 Å². The number of rotatable bonds is 1. The largest absolute Gasteiger partial charge is 0.389 e. The van der Waals surface area contributed by atoms with E-state index in [2.05, 4.69) is 0 Å². The Morgan fingerprint density at radius 1 is 1.23 bits per heavy atom. The number of hydrogen-bond acceptors (Lipinski definition) is 1. The van der Waals surface area contributed by atoms with Gasteiger partial charge in [-0.25, -0.2) is 8.78 Å². The van der Waals surface area contributed by atoms with E-state index < -0.39 is 11.5 Å². The molecule has 2 fully saturated rings. The molecule has 0 aromatic carbocycles. The summed E-state index contributed by atoms with van der Waals surface area (Å²) in [6.07, 6.45) is 1.73. The summed E-state index contributed by atoms with van der Waals surface area (Å²) < 4.78 is 25.6. The van der Waals surface area contributed by atoms with E-state index in [1.165, 1.54) is 0 Å². The summed E-state index contributed by atoms with van der Waals surface area (Å²) in [5, 5.41) is 9.95. The Morgan fingerprint density at radius 3 is 2.08 bits per heavy atom. The zero-order chi connectivity index (χ0) is 9.69. The maximum absolute atomic E-state index is 12.8. The standard InChI is InChI=1S/C10H16F2O/c1-7-6-10(7,13)8-2-4-9(11,12)5-3-8/h7-8,13H,2-6H2,1H3. The van der Waals surface area contributed by atoms with Crippen LogP contribution in [0.1, 0.15) is 39.0 Å². The van der Waals surface area contributed by atoms with Crippen molar-refractivity contribution in [3.8, 4) is 0 Å². The monoisotopic (exact) mass is 190 g/mol. The summed E-state index contributed by atoms with van der Waals surface area (Å²) in [6.45, 7) is 1.99. The minimum absolute atomic E-state index is 0.0350. The molecule has 0 heterocycles. The van der Waals surface area contributed by atoms with Gasteiger partial charge in [-0.2, -0.15) is 0 Å². The average Bonchev–Trinajstić information content (AvgIpc) is 2.60. The van der Waals surface area contributed by atoms with Crippen molar-refractivity contribution in [3.63, 3.8) is 0 Å². The van der Waals surface area contributed by atoms with E-state index in [4.69, 9.17) is 0 Å². The van der Waals surface area contributed by atoms with Crippen molar-refractivity contribution in [1.29, 1.82) is 0 Å². The molecule has 2 aliphatic rings. The summed E-state index contributed by atoms with van der Waals surface area (Å²) in [5.41, 5.74) is -0.587. The molecule has 2 saturated carbocycles. The van der Waals surface area contributed by atoms with Crippen LogP contribution in [-0.4, -0.2) is 16.6 Å². The number of hydrogen-bond donors (Lipinski definition) is 1. The Morgan fingerprint density at radius 2 is 1.69 bits per heavy atom. The lowest BCUT2D eigenvalue weighted by molar-refractivity contribution is -0.0693. The third-order valence-electron chi connectivity index (χ3n) is 3.75. The smallest absolute Gasteiger partial charge is 0.248 e. The molecule has 13 heavy (non-hydrogen) atoms. The second-order valence-electron chi connectivity index (χ2n) is 4.73. The number of halogens is 2. The third kappa shape index (κ3) is 1.58. The Hall–Kier alpha value is -0.180. The highest BCUT2D eigenvalue weighted by atomic mass is 19.3. The lowest BCUT2D eigenvalue weighted by Crippen LogP contribution is -2.33. The minimum atomic E-state index is -2.47. The number of alkyl halides is 2. The van der Waals surface area contributed by atoms with Crippen LogP contribution in [0.3, 0.4) is 0 Å².